The molecule has 1 rings (SSSR count). The molecular weight excluding hydrogens is 220 g/mol. The molecule has 0 unspecified atom stereocenters. The zero-order valence-corrected chi connectivity index (χ0v) is 10.4. The van der Waals surface area contributed by atoms with Gasteiger partial charge in [0.15, 0.2) is 11.5 Å². The third-order valence-corrected chi connectivity index (χ3v) is 2.69. The van der Waals surface area contributed by atoms with Gasteiger partial charge in [-0.25, -0.2) is 0 Å². The molecule has 1 atom stereocenters. The zero-order chi connectivity index (χ0) is 12.8. The summed E-state index contributed by atoms with van der Waals surface area (Å²) in [4.78, 5) is 11.2. The highest BCUT2D eigenvalue weighted by atomic mass is 16.5. The number of carboxylic acid groups (broad SMARTS) is 1. The molecule has 0 heterocycles. The molecule has 0 amide bonds. The highest BCUT2D eigenvalue weighted by Gasteiger charge is 2.20. The second kappa shape index (κ2) is 6.13. The number of methoxy groups -OCH3 is 2. The van der Waals surface area contributed by atoms with Crippen molar-refractivity contribution in [3.05, 3.63) is 23.8 Å². The highest BCUT2D eigenvalue weighted by molar-refractivity contribution is 5.76. The Morgan fingerprint density at radius 1 is 1.29 bits per heavy atom. The maximum Gasteiger partial charge on any atom is 0.310 e. The van der Waals surface area contributed by atoms with Crippen LogP contribution >= 0.6 is 0 Å². The van der Waals surface area contributed by atoms with Crippen LogP contribution in [0.25, 0.3) is 0 Å². The van der Waals surface area contributed by atoms with Crippen molar-refractivity contribution in [1.82, 2.24) is 0 Å². The lowest BCUT2D eigenvalue weighted by molar-refractivity contribution is -0.139. The first-order chi connectivity index (χ1) is 8.13. The fraction of sp³-hybridized carbons (Fsp3) is 0.462. The molecule has 17 heavy (non-hydrogen) atoms. The summed E-state index contributed by atoms with van der Waals surface area (Å²) in [5, 5.41) is 9.18. The van der Waals surface area contributed by atoms with Crippen LogP contribution in [-0.2, 0) is 4.79 Å². The monoisotopic (exact) mass is 238 g/mol. The summed E-state index contributed by atoms with van der Waals surface area (Å²) in [6, 6.07) is 5.24. The number of carboxylic acids is 1. The summed E-state index contributed by atoms with van der Waals surface area (Å²) < 4.78 is 10.3. The van der Waals surface area contributed by atoms with Crippen LogP contribution in [0.2, 0.25) is 0 Å². The Morgan fingerprint density at radius 3 is 2.41 bits per heavy atom. The second-order valence-electron chi connectivity index (χ2n) is 3.79. The van der Waals surface area contributed by atoms with Crippen molar-refractivity contribution in [2.24, 2.45) is 0 Å². The Balaban J connectivity index is 3.08. The number of hydrogen-bond donors (Lipinski definition) is 1. The van der Waals surface area contributed by atoms with Crippen molar-refractivity contribution in [3.63, 3.8) is 0 Å². The SMILES string of the molecule is CCC[C@@H](C(=O)O)c1ccc(OC)c(OC)c1. The minimum Gasteiger partial charge on any atom is -0.493 e. The van der Waals surface area contributed by atoms with Crippen LogP contribution in [0.1, 0.15) is 31.2 Å². The standard InChI is InChI=1S/C13H18O4/c1-4-5-10(13(14)15)9-6-7-11(16-2)12(8-9)17-3/h6-8,10H,4-5H2,1-3H3,(H,14,15)/t10-/m1/s1. The van der Waals surface area contributed by atoms with Gasteiger partial charge in [-0.15, -0.1) is 0 Å². The van der Waals surface area contributed by atoms with Gasteiger partial charge < -0.3 is 14.6 Å². The Labute approximate surface area is 101 Å². The molecule has 0 saturated carbocycles. The van der Waals surface area contributed by atoms with Crippen LogP contribution in [-0.4, -0.2) is 25.3 Å². The third kappa shape index (κ3) is 3.12. The molecule has 0 spiro atoms. The van der Waals surface area contributed by atoms with E-state index >= 15 is 0 Å². The van der Waals surface area contributed by atoms with Gasteiger partial charge in [-0.1, -0.05) is 19.4 Å². The fourth-order valence-corrected chi connectivity index (χ4v) is 1.79. The van der Waals surface area contributed by atoms with E-state index in [1.54, 1.807) is 25.3 Å². The topological polar surface area (TPSA) is 55.8 Å². The third-order valence-electron chi connectivity index (χ3n) is 2.69. The fourth-order valence-electron chi connectivity index (χ4n) is 1.79. The summed E-state index contributed by atoms with van der Waals surface area (Å²) in [5.41, 5.74) is 0.747. The van der Waals surface area contributed by atoms with Crippen LogP contribution in [0.3, 0.4) is 0 Å². The molecule has 0 fully saturated rings. The maximum absolute atomic E-state index is 11.2. The van der Waals surface area contributed by atoms with Crippen LogP contribution in [0.5, 0.6) is 11.5 Å². The molecule has 0 saturated heterocycles. The summed E-state index contributed by atoms with van der Waals surface area (Å²) in [6.45, 7) is 1.97. The molecule has 0 aromatic heterocycles. The van der Waals surface area contributed by atoms with Crippen molar-refractivity contribution in [2.75, 3.05) is 14.2 Å². The molecule has 0 radical (unpaired) electrons. The normalized spacial score (nSPS) is 11.9. The second-order valence-corrected chi connectivity index (χ2v) is 3.79. The van der Waals surface area contributed by atoms with Crippen molar-refractivity contribution in [3.8, 4) is 11.5 Å². The van der Waals surface area contributed by atoms with Gasteiger partial charge in [-0.05, 0) is 24.1 Å². The molecule has 0 aliphatic heterocycles. The molecule has 4 nitrogen and oxygen atoms in total. The highest BCUT2D eigenvalue weighted by Crippen LogP contribution is 2.32. The van der Waals surface area contributed by atoms with E-state index in [0.717, 1.165) is 12.0 Å². The van der Waals surface area contributed by atoms with E-state index in [4.69, 9.17) is 9.47 Å². The first kappa shape index (κ1) is 13.4. The van der Waals surface area contributed by atoms with Gasteiger partial charge in [-0.3, -0.25) is 4.79 Å². The summed E-state index contributed by atoms with van der Waals surface area (Å²) in [6.07, 6.45) is 1.44. The number of rotatable bonds is 6. The van der Waals surface area contributed by atoms with E-state index in [9.17, 15) is 9.90 Å². The lowest BCUT2D eigenvalue weighted by Crippen LogP contribution is -2.11. The van der Waals surface area contributed by atoms with Gasteiger partial charge in [0.1, 0.15) is 0 Å². The summed E-state index contributed by atoms with van der Waals surface area (Å²) >= 11 is 0. The number of aliphatic carboxylic acids is 1. The number of benzene rings is 1. The van der Waals surface area contributed by atoms with Crippen LogP contribution in [0, 0.1) is 0 Å². The maximum atomic E-state index is 11.2. The Kier molecular flexibility index (Phi) is 4.82. The molecule has 1 N–H and O–H groups in total. The molecule has 4 heteroatoms. The Hall–Kier alpha value is -1.71. The van der Waals surface area contributed by atoms with Crippen molar-refractivity contribution in [2.45, 2.75) is 25.7 Å². The quantitative estimate of drug-likeness (QED) is 0.827. The summed E-state index contributed by atoms with van der Waals surface area (Å²) in [5.74, 6) is -0.122. The average molecular weight is 238 g/mol. The van der Waals surface area contributed by atoms with E-state index in [0.29, 0.717) is 17.9 Å². The largest absolute Gasteiger partial charge is 0.493 e. The van der Waals surface area contributed by atoms with Gasteiger partial charge in [0.05, 0.1) is 20.1 Å². The minimum atomic E-state index is -0.806. The molecule has 0 aliphatic carbocycles. The molecule has 94 valence electrons. The molecule has 1 aromatic carbocycles. The van der Waals surface area contributed by atoms with Gasteiger partial charge in [0.2, 0.25) is 0 Å². The number of ether oxygens (including phenoxy) is 2. The van der Waals surface area contributed by atoms with Gasteiger partial charge in [0, 0.05) is 0 Å². The van der Waals surface area contributed by atoms with Gasteiger partial charge in [-0.2, -0.15) is 0 Å². The smallest absolute Gasteiger partial charge is 0.310 e. The van der Waals surface area contributed by atoms with Crippen molar-refractivity contribution >= 4 is 5.97 Å². The molecule has 0 bridgehead atoms. The van der Waals surface area contributed by atoms with E-state index in [-0.39, 0.29) is 0 Å². The van der Waals surface area contributed by atoms with E-state index in [1.807, 2.05) is 6.92 Å². The number of carbonyl (C=O) groups is 1. The lowest BCUT2D eigenvalue weighted by Gasteiger charge is -2.14. The van der Waals surface area contributed by atoms with Gasteiger partial charge in [0.25, 0.3) is 0 Å². The molecule has 1 aromatic rings. The van der Waals surface area contributed by atoms with Crippen molar-refractivity contribution < 1.29 is 19.4 Å². The zero-order valence-electron chi connectivity index (χ0n) is 10.4. The van der Waals surface area contributed by atoms with Crippen LogP contribution < -0.4 is 9.47 Å². The molecular formula is C13H18O4. The first-order valence-corrected chi connectivity index (χ1v) is 5.58. The van der Waals surface area contributed by atoms with Gasteiger partial charge >= 0.3 is 5.97 Å². The van der Waals surface area contributed by atoms with Crippen LogP contribution in [0.15, 0.2) is 18.2 Å². The van der Waals surface area contributed by atoms with Crippen molar-refractivity contribution in [1.29, 1.82) is 0 Å². The average Bonchev–Trinajstić information content (AvgIpc) is 2.34. The predicted molar refractivity (Wildman–Crippen MR) is 64.8 cm³/mol. The van der Waals surface area contributed by atoms with E-state index < -0.39 is 11.9 Å². The number of hydrogen-bond acceptors (Lipinski definition) is 3. The Bertz CT molecular complexity index is 387. The Morgan fingerprint density at radius 2 is 1.94 bits per heavy atom. The molecule has 0 aliphatic rings. The lowest BCUT2D eigenvalue weighted by atomic mass is 9.94. The minimum absolute atomic E-state index is 0.486. The van der Waals surface area contributed by atoms with E-state index in [2.05, 4.69) is 0 Å². The van der Waals surface area contributed by atoms with E-state index in [1.165, 1.54) is 7.11 Å². The van der Waals surface area contributed by atoms with Crippen LogP contribution in [0.4, 0.5) is 0 Å². The summed E-state index contributed by atoms with van der Waals surface area (Å²) in [7, 11) is 3.09. The first-order valence-electron chi connectivity index (χ1n) is 5.58. The predicted octanol–water partition coefficient (Wildman–Crippen LogP) is 2.67.